The largest absolute Gasteiger partial charge is 0.316 e. The van der Waals surface area contributed by atoms with Crippen LogP contribution in [0.1, 0.15) is 22.1 Å². The van der Waals surface area contributed by atoms with Crippen LogP contribution in [0.15, 0.2) is 18.2 Å². The van der Waals surface area contributed by atoms with Crippen molar-refractivity contribution in [2.75, 3.05) is 18.6 Å². The molecule has 3 N–H and O–H groups in total. The number of rotatable bonds is 6. The number of sulfonamides is 1. The smallest absolute Gasteiger partial charge is 0.208 e. The van der Waals surface area contributed by atoms with E-state index in [2.05, 4.69) is 10.8 Å². The van der Waals surface area contributed by atoms with Crippen molar-refractivity contribution >= 4 is 21.8 Å². The lowest BCUT2D eigenvalue weighted by atomic mass is 10.1. The number of benzene rings is 1. The molecule has 0 heterocycles. The minimum atomic E-state index is -3.10. The fourth-order valence-corrected chi connectivity index (χ4v) is 3.17. The Morgan fingerprint density at radius 1 is 1.39 bits per heavy atom. The Morgan fingerprint density at radius 2 is 2.06 bits per heavy atom. The average Bonchev–Trinajstić information content (AvgIpc) is 2.22. The van der Waals surface area contributed by atoms with Crippen molar-refractivity contribution in [2.45, 2.75) is 19.2 Å². The first-order valence-electron chi connectivity index (χ1n) is 5.68. The Hall–Kier alpha value is -0.560. The normalized spacial score (nSPS) is 13.6. The van der Waals surface area contributed by atoms with Gasteiger partial charge in [-0.25, -0.2) is 13.1 Å². The van der Waals surface area contributed by atoms with Gasteiger partial charge in [0.25, 0.3) is 0 Å². The summed E-state index contributed by atoms with van der Waals surface area (Å²) in [5.74, 6) is 0.654. The summed E-state index contributed by atoms with van der Waals surface area (Å²) in [7, 11) is -3.10. The molecular formula is C12H20N2O2S2. The molecule has 1 aromatic rings. The SMILES string of the molecule is Cc1ccc(C(N)SCCNS(C)(=O)=O)c(C)c1. The van der Waals surface area contributed by atoms with E-state index in [1.165, 1.54) is 11.1 Å². The van der Waals surface area contributed by atoms with Crippen molar-refractivity contribution in [2.24, 2.45) is 5.73 Å². The molecule has 1 aromatic carbocycles. The number of hydrogen-bond donors (Lipinski definition) is 2. The second-order valence-electron chi connectivity index (χ2n) is 4.32. The maximum atomic E-state index is 10.9. The highest BCUT2D eigenvalue weighted by molar-refractivity contribution is 7.99. The minimum Gasteiger partial charge on any atom is -0.316 e. The Labute approximate surface area is 113 Å². The van der Waals surface area contributed by atoms with Gasteiger partial charge in [-0.05, 0) is 25.0 Å². The van der Waals surface area contributed by atoms with Crippen LogP contribution in [0.2, 0.25) is 0 Å². The van der Waals surface area contributed by atoms with Crippen LogP contribution in [0.4, 0.5) is 0 Å². The van der Waals surface area contributed by atoms with E-state index in [1.807, 2.05) is 26.0 Å². The summed E-state index contributed by atoms with van der Waals surface area (Å²) >= 11 is 1.54. The average molecular weight is 288 g/mol. The van der Waals surface area contributed by atoms with Crippen LogP contribution in [0, 0.1) is 13.8 Å². The van der Waals surface area contributed by atoms with Crippen LogP contribution in [-0.2, 0) is 10.0 Å². The van der Waals surface area contributed by atoms with Crippen molar-refractivity contribution in [3.63, 3.8) is 0 Å². The molecule has 0 amide bonds. The summed E-state index contributed by atoms with van der Waals surface area (Å²) < 4.78 is 24.2. The predicted octanol–water partition coefficient (Wildman–Crippen LogP) is 1.54. The van der Waals surface area contributed by atoms with Gasteiger partial charge in [-0.3, -0.25) is 0 Å². The first-order valence-corrected chi connectivity index (χ1v) is 8.62. The number of hydrogen-bond acceptors (Lipinski definition) is 4. The van der Waals surface area contributed by atoms with Crippen molar-refractivity contribution in [1.29, 1.82) is 0 Å². The van der Waals surface area contributed by atoms with Crippen LogP contribution < -0.4 is 10.5 Å². The van der Waals surface area contributed by atoms with E-state index in [0.29, 0.717) is 12.3 Å². The highest BCUT2D eigenvalue weighted by atomic mass is 32.2. The standard InChI is InChI=1S/C12H20N2O2S2/c1-9-4-5-11(10(2)8-9)12(13)17-7-6-14-18(3,15)16/h4-5,8,12,14H,6-7,13H2,1-3H3. The maximum absolute atomic E-state index is 10.9. The Balaban J connectivity index is 2.48. The molecule has 0 aliphatic rings. The van der Waals surface area contributed by atoms with E-state index in [9.17, 15) is 8.42 Å². The molecule has 0 spiro atoms. The Morgan fingerprint density at radius 3 is 2.61 bits per heavy atom. The molecule has 4 nitrogen and oxygen atoms in total. The van der Waals surface area contributed by atoms with Crippen molar-refractivity contribution < 1.29 is 8.42 Å². The zero-order chi connectivity index (χ0) is 13.8. The molecule has 0 saturated heterocycles. The molecule has 0 aliphatic carbocycles. The molecule has 102 valence electrons. The Bertz CT molecular complexity index is 501. The van der Waals surface area contributed by atoms with Gasteiger partial charge >= 0.3 is 0 Å². The molecule has 1 atom stereocenters. The quantitative estimate of drug-likeness (QED) is 0.615. The van der Waals surface area contributed by atoms with E-state index in [4.69, 9.17) is 5.73 Å². The Kier molecular flexibility index (Phi) is 5.65. The van der Waals surface area contributed by atoms with Gasteiger partial charge in [-0.1, -0.05) is 23.8 Å². The van der Waals surface area contributed by atoms with Gasteiger partial charge in [-0.15, -0.1) is 11.8 Å². The van der Waals surface area contributed by atoms with E-state index < -0.39 is 10.0 Å². The fraction of sp³-hybridized carbons (Fsp3) is 0.500. The van der Waals surface area contributed by atoms with Crippen LogP contribution in [0.25, 0.3) is 0 Å². The predicted molar refractivity (Wildman–Crippen MR) is 78.1 cm³/mol. The van der Waals surface area contributed by atoms with E-state index in [-0.39, 0.29) is 5.37 Å². The molecule has 0 bridgehead atoms. The summed E-state index contributed by atoms with van der Waals surface area (Å²) in [6, 6.07) is 6.17. The first kappa shape index (κ1) is 15.5. The van der Waals surface area contributed by atoms with Crippen LogP contribution in [-0.4, -0.2) is 27.0 Å². The number of thioether (sulfide) groups is 1. The van der Waals surface area contributed by atoms with Gasteiger partial charge in [0, 0.05) is 12.3 Å². The first-order chi connectivity index (χ1) is 8.29. The third-order valence-electron chi connectivity index (χ3n) is 2.50. The lowest BCUT2D eigenvalue weighted by molar-refractivity contribution is 0.590. The van der Waals surface area contributed by atoms with Crippen molar-refractivity contribution in [3.8, 4) is 0 Å². The highest BCUT2D eigenvalue weighted by Gasteiger charge is 2.09. The highest BCUT2D eigenvalue weighted by Crippen LogP contribution is 2.26. The molecule has 0 radical (unpaired) electrons. The third-order valence-corrected chi connectivity index (χ3v) is 4.28. The second kappa shape index (κ2) is 6.56. The number of aryl methyl sites for hydroxylation is 2. The van der Waals surface area contributed by atoms with Gasteiger partial charge in [0.15, 0.2) is 0 Å². The van der Waals surface area contributed by atoms with Gasteiger partial charge in [-0.2, -0.15) is 0 Å². The van der Waals surface area contributed by atoms with Gasteiger partial charge in [0.05, 0.1) is 11.6 Å². The molecule has 0 aliphatic heterocycles. The van der Waals surface area contributed by atoms with Gasteiger partial charge < -0.3 is 5.73 Å². The fourth-order valence-electron chi connectivity index (χ4n) is 1.65. The summed E-state index contributed by atoms with van der Waals surface area (Å²) in [6.07, 6.45) is 1.15. The molecule has 0 saturated carbocycles. The van der Waals surface area contributed by atoms with Crippen LogP contribution >= 0.6 is 11.8 Å². The van der Waals surface area contributed by atoms with Gasteiger partial charge in [0.2, 0.25) is 10.0 Å². The molecule has 6 heteroatoms. The second-order valence-corrected chi connectivity index (χ2v) is 7.40. The molecule has 18 heavy (non-hydrogen) atoms. The summed E-state index contributed by atoms with van der Waals surface area (Å²) in [4.78, 5) is 0. The summed E-state index contributed by atoms with van der Waals surface area (Å²) in [5, 5.41) is -0.119. The molecule has 1 rings (SSSR count). The zero-order valence-corrected chi connectivity index (χ0v) is 12.6. The van der Waals surface area contributed by atoms with E-state index in [1.54, 1.807) is 11.8 Å². The molecular weight excluding hydrogens is 268 g/mol. The van der Waals surface area contributed by atoms with Crippen LogP contribution in [0.3, 0.4) is 0 Å². The summed E-state index contributed by atoms with van der Waals surface area (Å²) in [6.45, 7) is 4.49. The zero-order valence-electron chi connectivity index (χ0n) is 10.9. The summed E-state index contributed by atoms with van der Waals surface area (Å²) in [5.41, 5.74) is 9.57. The molecule has 1 unspecified atom stereocenters. The van der Waals surface area contributed by atoms with E-state index in [0.717, 1.165) is 11.8 Å². The molecule has 0 fully saturated rings. The third kappa shape index (κ3) is 5.39. The van der Waals surface area contributed by atoms with E-state index >= 15 is 0 Å². The van der Waals surface area contributed by atoms with Crippen molar-refractivity contribution in [3.05, 3.63) is 34.9 Å². The number of nitrogens with one attached hydrogen (secondary N) is 1. The lowest BCUT2D eigenvalue weighted by Crippen LogP contribution is -2.25. The minimum absolute atomic E-state index is 0.119. The lowest BCUT2D eigenvalue weighted by Gasteiger charge is -2.15. The molecule has 0 aromatic heterocycles. The maximum Gasteiger partial charge on any atom is 0.208 e. The van der Waals surface area contributed by atoms with Crippen LogP contribution in [0.5, 0.6) is 0 Å². The monoisotopic (exact) mass is 288 g/mol. The van der Waals surface area contributed by atoms with Crippen molar-refractivity contribution in [1.82, 2.24) is 4.72 Å². The topological polar surface area (TPSA) is 72.2 Å². The van der Waals surface area contributed by atoms with Gasteiger partial charge in [0.1, 0.15) is 0 Å². The number of nitrogens with two attached hydrogens (primary N) is 1.